The number of rotatable bonds is 0. The standard InChI is InChI=1S/C19H30O2/c1-18-10-4-3-5-12(18)6-7-13-14-8-9-16(21)19(14,2)11-15(20)17(13)18/h12-15,17,20H,3-11H2,1-2H3/t12-,13+,14+,15-,17-,18-,19+/m0/s1. The fraction of sp³-hybridized carbons (Fsp3) is 0.947. The summed E-state index contributed by atoms with van der Waals surface area (Å²) in [5.41, 5.74) is 0.131. The number of Topliss-reactive ketones (excluding diaryl/α,β-unsaturated/α-hetero) is 1. The Labute approximate surface area is 128 Å². The minimum Gasteiger partial charge on any atom is -0.393 e. The average molecular weight is 290 g/mol. The Kier molecular flexibility index (Phi) is 3.10. The van der Waals surface area contributed by atoms with Crippen molar-refractivity contribution < 1.29 is 9.90 Å². The second-order valence-electron chi connectivity index (χ2n) is 8.97. The van der Waals surface area contributed by atoms with Gasteiger partial charge < -0.3 is 5.11 Å². The van der Waals surface area contributed by atoms with Crippen molar-refractivity contribution in [2.24, 2.45) is 34.5 Å². The monoisotopic (exact) mass is 290 g/mol. The number of carbonyl (C=O) groups is 1. The molecule has 4 saturated carbocycles. The van der Waals surface area contributed by atoms with Crippen molar-refractivity contribution in [3.8, 4) is 0 Å². The molecule has 2 nitrogen and oxygen atoms in total. The van der Waals surface area contributed by atoms with Crippen molar-refractivity contribution in [3.05, 3.63) is 0 Å². The normalized spacial score (nSPS) is 56.5. The van der Waals surface area contributed by atoms with Gasteiger partial charge >= 0.3 is 0 Å². The molecule has 4 aliphatic rings. The molecule has 7 atom stereocenters. The van der Waals surface area contributed by atoms with Gasteiger partial charge in [0.25, 0.3) is 0 Å². The van der Waals surface area contributed by atoms with Crippen LogP contribution in [-0.4, -0.2) is 17.0 Å². The molecule has 21 heavy (non-hydrogen) atoms. The van der Waals surface area contributed by atoms with Crippen molar-refractivity contribution >= 4 is 5.78 Å². The summed E-state index contributed by atoms with van der Waals surface area (Å²) in [6, 6.07) is 0. The summed E-state index contributed by atoms with van der Waals surface area (Å²) in [5.74, 6) is 2.87. The topological polar surface area (TPSA) is 37.3 Å². The highest BCUT2D eigenvalue weighted by molar-refractivity contribution is 5.87. The number of aliphatic hydroxyl groups excluding tert-OH is 1. The van der Waals surface area contributed by atoms with Crippen molar-refractivity contribution in [2.75, 3.05) is 0 Å². The minimum absolute atomic E-state index is 0.210. The first-order valence-electron chi connectivity index (χ1n) is 9.18. The molecule has 0 unspecified atom stereocenters. The lowest BCUT2D eigenvalue weighted by molar-refractivity contribution is -0.168. The van der Waals surface area contributed by atoms with Gasteiger partial charge in [-0.1, -0.05) is 26.7 Å². The van der Waals surface area contributed by atoms with Crippen LogP contribution in [-0.2, 0) is 4.79 Å². The van der Waals surface area contributed by atoms with Crippen LogP contribution < -0.4 is 0 Å². The molecule has 0 aromatic carbocycles. The van der Waals surface area contributed by atoms with Gasteiger partial charge in [-0.05, 0) is 67.6 Å². The Hall–Kier alpha value is -0.370. The van der Waals surface area contributed by atoms with Crippen LogP contribution >= 0.6 is 0 Å². The van der Waals surface area contributed by atoms with E-state index in [2.05, 4.69) is 13.8 Å². The highest BCUT2D eigenvalue weighted by Crippen LogP contribution is 2.65. The Bertz CT molecular complexity index is 458. The molecule has 0 spiro atoms. The van der Waals surface area contributed by atoms with Crippen LogP contribution in [0.3, 0.4) is 0 Å². The number of hydrogen-bond acceptors (Lipinski definition) is 2. The molecule has 4 aliphatic carbocycles. The first-order valence-corrected chi connectivity index (χ1v) is 9.18. The zero-order valence-electron chi connectivity index (χ0n) is 13.6. The summed E-state index contributed by atoms with van der Waals surface area (Å²) >= 11 is 0. The summed E-state index contributed by atoms with van der Waals surface area (Å²) in [6.45, 7) is 4.62. The van der Waals surface area contributed by atoms with E-state index in [0.717, 1.165) is 25.2 Å². The van der Waals surface area contributed by atoms with E-state index in [1.165, 1.54) is 38.5 Å². The third kappa shape index (κ3) is 1.77. The Balaban J connectivity index is 1.71. The quantitative estimate of drug-likeness (QED) is 0.733. The molecule has 4 rings (SSSR count). The van der Waals surface area contributed by atoms with Crippen LogP contribution in [0.2, 0.25) is 0 Å². The molecule has 0 saturated heterocycles. The van der Waals surface area contributed by atoms with E-state index >= 15 is 0 Å². The maximum Gasteiger partial charge on any atom is 0.139 e. The third-order valence-electron chi connectivity index (χ3n) is 8.22. The summed E-state index contributed by atoms with van der Waals surface area (Å²) in [6.07, 6.45) is 10.3. The van der Waals surface area contributed by atoms with E-state index in [1.807, 2.05) is 0 Å². The van der Waals surface area contributed by atoms with Crippen LogP contribution in [0, 0.1) is 34.5 Å². The first-order chi connectivity index (χ1) is 9.97. The van der Waals surface area contributed by atoms with Crippen LogP contribution in [0.5, 0.6) is 0 Å². The largest absolute Gasteiger partial charge is 0.393 e. The molecule has 0 bridgehead atoms. The van der Waals surface area contributed by atoms with Gasteiger partial charge in [0.15, 0.2) is 0 Å². The van der Waals surface area contributed by atoms with E-state index in [-0.39, 0.29) is 11.5 Å². The lowest BCUT2D eigenvalue weighted by Crippen LogP contribution is -2.58. The maximum atomic E-state index is 12.4. The second-order valence-corrected chi connectivity index (χ2v) is 8.97. The van der Waals surface area contributed by atoms with Gasteiger partial charge in [0, 0.05) is 11.8 Å². The lowest BCUT2D eigenvalue weighted by Gasteiger charge is -2.61. The Morgan fingerprint density at radius 2 is 1.90 bits per heavy atom. The van der Waals surface area contributed by atoms with Crippen LogP contribution in [0.4, 0.5) is 0 Å². The predicted octanol–water partition coefficient (Wildman–Crippen LogP) is 3.96. The number of hydrogen-bond donors (Lipinski definition) is 1. The zero-order chi connectivity index (χ0) is 14.8. The van der Waals surface area contributed by atoms with Gasteiger partial charge in [0.2, 0.25) is 0 Å². The average Bonchev–Trinajstić information content (AvgIpc) is 2.73. The molecule has 0 radical (unpaired) electrons. The third-order valence-corrected chi connectivity index (χ3v) is 8.22. The highest BCUT2D eigenvalue weighted by atomic mass is 16.3. The first kappa shape index (κ1) is 14.2. The van der Waals surface area contributed by atoms with E-state index in [0.29, 0.717) is 29.0 Å². The summed E-state index contributed by atoms with van der Waals surface area (Å²) in [5, 5.41) is 11.0. The fourth-order valence-corrected chi connectivity index (χ4v) is 7.19. The highest BCUT2D eigenvalue weighted by Gasteiger charge is 2.62. The van der Waals surface area contributed by atoms with Gasteiger partial charge in [-0.2, -0.15) is 0 Å². The van der Waals surface area contributed by atoms with Gasteiger partial charge in [-0.15, -0.1) is 0 Å². The Morgan fingerprint density at radius 3 is 2.71 bits per heavy atom. The van der Waals surface area contributed by atoms with Crippen molar-refractivity contribution in [1.82, 2.24) is 0 Å². The van der Waals surface area contributed by atoms with E-state index in [4.69, 9.17) is 0 Å². The number of aliphatic hydroxyl groups is 1. The molecule has 4 fully saturated rings. The summed E-state index contributed by atoms with van der Waals surface area (Å²) in [4.78, 5) is 12.4. The molecular weight excluding hydrogens is 260 g/mol. The smallest absolute Gasteiger partial charge is 0.139 e. The maximum absolute atomic E-state index is 12.4. The molecule has 0 aromatic heterocycles. The number of fused-ring (bicyclic) bond motifs is 5. The Morgan fingerprint density at radius 1 is 1.10 bits per heavy atom. The zero-order valence-corrected chi connectivity index (χ0v) is 13.6. The van der Waals surface area contributed by atoms with Crippen LogP contribution in [0.1, 0.15) is 71.6 Å². The van der Waals surface area contributed by atoms with Crippen LogP contribution in [0.25, 0.3) is 0 Å². The van der Waals surface area contributed by atoms with Crippen molar-refractivity contribution in [2.45, 2.75) is 77.7 Å². The molecular formula is C19H30O2. The van der Waals surface area contributed by atoms with Gasteiger partial charge in [0.1, 0.15) is 5.78 Å². The van der Waals surface area contributed by atoms with Gasteiger partial charge in [-0.3, -0.25) is 4.79 Å². The molecule has 1 N–H and O–H groups in total. The lowest BCUT2D eigenvalue weighted by atomic mass is 9.44. The summed E-state index contributed by atoms with van der Waals surface area (Å²) < 4.78 is 0. The van der Waals surface area contributed by atoms with Crippen LogP contribution in [0.15, 0.2) is 0 Å². The number of ketones is 1. The van der Waals surface area contributed by atoms with E-state index < -0.39 is 0 Å². The minimum atomic E-state index is -0.246. The number of carbonyl (C=O) groups excluding carboxylic acids is 1. The molecule has 118 valence electrons. The SMILES string of the molecule is C[C@]12CCCC[C@H]1CC[C@H]1[C@H]2[C@@H](O)C[C@@]2(C)C(=O)CC[C@H]12. The van der Waals surface area contributed by atoms with E-state index in [1.54, 1.807) is 0 Å². The fourth-order valence-electron chi connectivity index (χ4n) is 7.19. The van der Waals surface area contributed by atoms with Gasteiger partial charge in [-0.25, -0.2) is 0 Å². The van der Waals surface area contributed by atoms with E-state index in [9.17, 15) is 9.90 Å². The predicted molar refractivity (Wildman–Crippen MR) is 82.7 cm³/mol. The van der Waals surface area contributed by atoms with Gasteiger partial charge in [0.05, 0.1) is 6.10 Å². The summed E-state index contributed by atoms with van der Waals surface area (Å²) in [7, 11) is 0. The molecule has 0 aliphatic heterocycles. The molecule has 0 heterocycles. The van der Waals surface area contributed by atoms with Crippen molar-refractivity contribution in [3.63, 3.8) is 0 Å². The molecule has 0 aromatic rings. The molecule has 2 heteroatoms. The van der Waals surface area contributed by atoms with Crippen molar-refractivity contribution in [1.29, 1.82) is 0 Å². The second kappa shape index (κ2) is 4.57. The molecule has 0 amide bonds.